The van der Waals surface area contributed by atoms with E-state index in [2.05, 4.69) is 5.32 Å². The van der Waals surface area contributed by atoms with Gasteiger partial charge in [0.15, 0.2) is 5.96 Å². The quantitative estimate of drug-likeness (QED) is 0.377. The zero-order valence-electron chi connectivity index (χ0n) is 11.6. The third-order valence-electron chi connectivity index (χ3n) is 2.38. The predicted octanol–water partition coefficient (Wildman–Crippen LogP) is 1.86. The summed E-state index contributed by atoms with van der Waals surface area (Å²) in [5, 5.41) is 16.8. The van der Waals surface area contributed by atoms with E-state index >= 15 is 0 Å². The molecule has 0 bridgehead atoms. The van der Waals surface area contributed by atoms with E-state index in [4.69, 9.17) is 21.0 Å². The number of rotatable bonds is 5. The lowest BCUT2D eigenvalue weighted by atomic mass is 10.1. The number of guanidine groups is 1. The summed E-state index contributed by atoms with van der Waals surface area (Å²) in [5.41, 5.74) is 7.32. The summed E-state index contributed by atoms with van der Waals surface area (Å²) in [4.78, 5) is 8.90. The van der Waals surface area contributed by atoms with E-state index in [1.165, 1.54) is 0 Å². The Hall–Kier alpha value is -2.32. The van der Waals surface area contributed by atoms with E-state index in [0.29, 0.717) is 13.0 Å². The standard InChI is InChI=1S/C11H16FN3.C2HF3O2/c12-7-5-9-1-3-10(4-2-9)6-8-15-11(13)14;3-2(4,5)1(6)7/h1-4H,5-8H2,(H4,13,14,15);(H,6,7). The Kier molecular flexibility index (Phi) is 8.58. The lowest BCUT2D eigenvalue weighted by Crippen LogP contribution is -2.31. The van der Waals surface area contributed by atoms with Crippen LogP contribution in [0.2, 0.25) is 0 Å². The number of carboxylic acid groups (broad SMARTS) is 1. The molecule has 0 aliphatic carbocycles. The number of carboxylic acids is 1. The number of hydrogen-bond acceptors (Lipinski definition) is 2. The summed E-state index contributed by atoms with van der Waals surface area (Å²) < 4.78 is 43.8. The van der Waals surface area contributed by atoms with Gasteiger partial charge in [-0.05, 0) is 17.5 Å². The average molecular weight is 323 g/mol. The van der Waals surface area contributed by atoms with Gasteiger partial charge < -0.3 is 16.2 Å². The molecule has 5 nitrogen and oxygen atoms in total. The van der Waals surface area contributed by atoms with Gasteiger partial charge in [0.1, 0.15) is 0 Å². The number of benzene rings is 1. The van der Waals surface area contributed by atoms with Crippen LogP contribution in [0.25, 0.3) is 0 Å². The number of halogens is 4. The molecule has 9 heteroatoms. The van der Waals surface area contributed by atoms with Crippen LogP contribution in [0, 0.1) is 5.41 Å². The molecule has 0 saturated heterocycles. The summed E-state index contributed by atoms with van der Waals surface area (Å²) in [6, 6.07) is 7.82. The normalized spacial score (nSPS) is 10.4. The van der Waals surface area contributed by atoms with Crippen LogP contribution in [0.4, 0.5) is 17.6 Å². The second kappa shape index (κ2) is 9.59. The van der Waals surface area contributed by atoms with Crippen molar-refractivity contribution in [1.82, 2.24) is 5.32 Å². The molecule has 0 aliphatic rings. The van der Waals surface area contributed by atoms with Crippen LogP contribution in [0.5, 0.6) is 0 Å². The van der Waals surface area contributed by atoms with E-state index in [-0.39, 0.29) is 12.6 Å². The predicted molar refractivity (Wildman–Crippen MR) is 73.4 cm³/mol. The van der Waals surface area contributed by atoms with Gasteiger partial charge in [-0.1, -0.05) is 24.3 Å². The van der Waals surface area contributed by atoms with Crippen molar-refractivity contribution in [2.75, 3.05) is 13.2 Å². The third kappa shape index (κ3) is 9.56. The second-order valence-electron chi connectivity index (χ2n) is 4.15. The Morgan fingerprint density at radius 3 is 1.91 bits per heavy atom. The van der Waals surface area contributed by atoms with Gasteiger partial charge in [0.2, 0.25) is 0 Å². The molecular formula is C13H17F4N3O2. The van der Waals surface area contributed by atoms with Gasteiger partial charge in [-0.3, -0.25) is 9.80 Å². The Morgan fingerprint density at radius 2 is 1.59 bits per heavy atom. The Labute approximate surface area is 124 Å². The minimum absolute atomic E-state index is 0.0101. The SMILES string of the molecule is N=C(N)NCCc1ccc(CCF)cc1.O=C(O)C(F)(F)F. The number of aryl methyl sites for hydroxylation is 1. The van der Waals surface area contributed by atoms with Crippen molar-refractivity contribution in [3.63, 3.8) is 0 Å². The number of carbonyl (C=O) groups is 1. The van der Waals surface area contributed by atoms with E-state index in [0.717, 1.165) is 17.5 Å². The molecule has 0 aliphatic heterocycles. The summed E-state index contributed by atoms with van der Waals surface area (Å²) in [5.74, 6) is -2.77. The molecule has 124 valence electrons. The average Bonchev–Trinajstić information content (AvgIpc) is 2.40. The van der Waals surface area contributed by atoms with Crippen LogP contribution in [0.3, 0.4) is 0 Å². The molecule has 0 saturated carbocycles. The zero-order chi connectivity index (χ0) is 17.2. The summed E-state index contributed by atoms with van der Waals surface area (Å²) in [6.45, 7) is 0.336. The highest BCUT2D eigenvalue weighted by molar-refractivity contribution is 5.74. The zero-order valence-corrected chi connectivity index (χ0v) is 11.6. The van der Waals surface area contributed by atoms with E-state index in [1.807, 2.05) is 24.3 Å². The number of nitrogens with one attached hydrogen (secondary N) is 2. The molecule has 0 spiro atoms. The lowest BCUT2D eigenvalue weighted by molar-refractivity contribution is -0.192. The van der Waals surface area contributed by atoms with Gasteiger partial charge in [0, 0.05) is 13.0 Å². The molecule has 0 radical (unpaired) electrons. The first kappa shape index (κ1) is 19.7. The number of nitrogens with two attached hydrogens (primary N) is 1. The van der Waals surface area contributed by atoms with E-state index < -0.39 is 12.1 Å². The first-order chi connectivity index (χ1) is 10.2. The third-order valence-corrected chi connectivity index (χ3v) is 2.38. The molecule has 0 aromatic heterocycles. The Morgan fingerprint density at radius 1 is 1.18 bits per heavy atom. The van der Waals surface area contributed by atoms with Crippen molar-refractivity contribution in [2.45, 2.75) is 19.0 Å². The second-order valence-corrected chi connectivity index (χ2v) is 4.15. The first-order valence-electron chi connectivity index (χ1n) is 6.18. The van der Waals surface area contributed by atoms with E-state index in [9.17, 15) is 17.6 Å². The van der Waals surface area contributed by atoms with Crippen LogP contribution in [-0.2, 0) is 17.6 Å². The molecule has 1 rings (SSSR count). The first-order valence-corrected chi connectivity index (χ1v) is 6.18. The molecule has 0 heterocycles. The van der Waals surface area contributed by atoms with Crippen molar-refractivity contribution >= 4 is 11.9 Å². The molecular weight excluding hydrogens is 306 g/mol. The van der Waals surface area contributed by atoms with Gasteiger partial charge in [-0.25, -0.2) is 4.79 Å². The van der Waals surface area contributed by atoms with Crippen molar-refractivity contribution < 1.29 is 27.5 Å². The maximum atomic E-state index is 12.0. The highest BCUT2D eigenvalue weighted by atomic mass is 19.4. The molecule has 1 aromatic rings. The molecule has 1 aromatic carbocycles. The van der Waals surface area contributed by atoms with Crippen LogP contribution >= 0.6 is 0 Å². The van der Waals surface area contributed by atoms with Crippen molar-refractivity contribution in [2.24, 2.45) is 5.73 Å². The minimum Gasteiger partial charge on any atom is -0.475 e. The molecule has 0 fully saturated rings. The van der Waals surface area contributed by atoms with Crippen molar-refractivity contribution in [1.29, 1.82) is 5.41 Å². The van der Waals surface area contributed by atoms with Crippen LogP contribution in [0.1, 0.15) is 11.1 Å². The van der Waals surface area contributed by atoms with Gasteiger partial charge in [0.05, 0.1) is 6.67 Å². The highest BCUT2D eigenvalue weighted by Gasteiger charge is 2.38. The molecule has 0 atom stereocenters. The summed E-state index contributed by atoms with van der Waals surface area (Å²) >= 11 is 0. The van der Waals surface area contributed by atoms with Crippen molar-refractivity contribution in [3.8, 4) is 0 Å². The lowest BCUT2D eigenvalue weighted by Gasteiger charge is -2.04. The Bertz CT molecular complexity index is 475. The topological polar surface area (TPSA) is 99.2 Å². The summed E-state index contributed by atoms with van der Waals surface area (Å²) in [6.07, 6.45) is -3.79. The Balaban J connectivity index is 0.000000534. The number of aliphatic carboxylic acids is 1. The maximum absolute atomic E-state index is 12.0. The molecule has 0 amide bonds. The molecule has 0 unspecified atom stereocenters. The fourth-order valence-corrected chi connectivity index (χ4v) is 1.32. The van der Waals surface area contributed by atoms with E-state index in [1.54, 1.807) is 0 Å². The number of hydrogen-bond donors (Lipinski definition) is 4. The van der Waals surface area contributed by atoms with Gasteiger partial charge in [-0.15, -0.1) is 0 Å². The van der Waals surface area contributed by atoms with Gasteiger partial charge >= 0.3 is 12.1 Å². The minimum atomic E-state index is -5.08. The fraction of sp³-hybridized carbons (Fsp3) is 0.385. The highest BCUT2D eigenvalue weighted by Crippen LogP contribution is 2.13. The smallest absolute Gasteiger partial charge is 0.475 e. The van der Waals surface area contributed by atoms with Gasteiger partial charge in [0.25, 0.3) is 0 Å². The largest absolute Gasteiger partial charge is 0.490 e. The summed E-state index contributed by atoms with van der Waals surface area (Å²) in [7, 11) is 0. The van der Waals surface area contributed by atoms with Crippen LogP contribution < -0.4 is 11.1 Å². The molecule has 5 N–H and O–H groups in total. The van der Waals surface area contributed by atoms with Crippen LogP contribution in [-0.4, -0.2) is 36.4 Å². The van der Waals surface area contributed by atoms with Crippen molar-refractivity contribution in [3.05, 3.63) is 35.4 Å². The van der Waals surface area contributed by atoms with Gasteiger partial charge in [-0.2, -0.15) is 13.2 Å². The maximum Gasteiger partial charge on any atom is 0.490 e. The monoisotopic (exact) mass is 323 g/mol. The fourth-order valence-electron chi connectivity index (χ4n) is 1.32. The number of alkyl halides is 4. The van der Waals surface area contributed by atoms with Crippen LogP contribution in [0.15, 0.2) is 24.3 Å². The molecule has 22 heavy (non-hydrogen) atoms.